The Bertz CT molecular complexity index is 813. The Hall–Kier alpha value is -2.58. The first-order chi connectivity index (χ1) is 12.7. The molecule has 2 amide bonds. The van der Waals surface area contributed by atoms with Crippen LogP contribution in [0.2, 0.25) is 5.02 Å². The minimum Gasteiger partial charge on any atom is -0.354 e. The van der Waals surface area contributed by atoms with Gasteiger partial charge in [0.2, 0.25) is 0 Å². The predicted molar refractivity (Wildman–Crippen MR) is 95.1 cm³/mol. The number of nitrogens with two attached hydrogens (primary N) is 1. The van der Waals surface area contributed by atoms with Crippen molar-refractivity contribution >= 4 is 29.1 Å². The Kier molecular flexibility index (Phi) is 6.81. The van der Waals surface area contributed by atoms with Crippen molar-refractivity contribution < 1.29 is 28.1 Å². The molecule has 0 fully saturated rings. The van der Waals surface area contributed by atoms with E-state index in [-0.39, 0.29) is 23.2 Å². The van der Waals surface area contributed by atoms with Crippen LogP contribution in [0.4, 0.5) is 18.9 Å². The molecule has 0 saturated carbocycles. The van der Waals surface area contributed by atoms with E-state index in [1.165, 1.54) is 12.4 Å². The lowest BCUT2D eigenvalue weighted by atomic mass is 10.1. The average Bonchev–Trinajstić information content (AvgIpc) is 2.63. The molecule has 2 aromatic rings. The number of anilines is 1. The summed E-state index contributed by atoms with van der Waals surface area (Å²) in [4.78, 5) is 24.2. The number of hydrogen-bond acceptors (Lipinski definition) is 2. The van der Waals surface area contributed by atoms with Gasteiger partial charge in [-0.3, -0.25) is 9.59 Å². The maximum Gasteiger partial charge on any atom is 0.416 e. The molecule has 0 saturated heterocycles. The Labute approximate surface area is 158 Å². The van der Waals surface area contributed by atoms with E-state index in [1.807, 2.05) is 0 Å². The molecule has 4 N–H and O–H groups in total. The van der Waals surface area contributed by atoms with Gasteiger partial charge in [0.1, 0.15) is 0 Å². The van der Waals surface area contributed by atoms with Gasteiger partial charge in [0.05, 0.1) is 16.3 Å². The first-order valence-corrected chi connectivity index (χ1v) is 8.36. The number of quaternary nitrogens is 1. The van der Waals surface area contributed by atoms with Crippen molar-refractivity contribution in [2.45, 2.75) is 12.2 Å². The molecule has 0 bridgehead atoms. The highest BCUT2D eigenvalue weighted by molar-refractivity contribution is 6.33. The number of benzene rings is 2. The zero-order chi connectivity index (χ0) is 20.0. The van der Waals surface area contributed by atoms with E-state index in [2.05, 4.69) is 10.6 Å². The third kappa shape index (κ3) is 5.70. The fourth-order valence-electron chi connectivity index (χ4n) is 2.39. The fourth-order valence-corrected chi connectivity index (χ4v) is 2.55. The Morgan fingerprint density at radius 1 is 1.15 bits per heavy atom. The Morgan fingerprint density at radius 2 is 1.81 bits per heavy atom. The molecule has 5 nitrogen and oxygen atoms in total. The van der Waals surface area contributed by atoms with Gasteiger partial charge in [-0.25, -0.2) is 0 Å². The summed E-state index contributed by atoms with van der Waals surface area (Å²) in [7, 11) is 1.47. The van der Waals surface area contributed by atoms with Crippen LogP contribution in [0, 0.1) is 0 Å². The smallest absolute Gasteiger partial charge is 0.354 e. The monoisotopic (exact) mass is 400 g/mol. The van der Waals surface area contributed by atoms with E-state index < -0.39 is 23.7 Å². The molecule has 9 heteroatoms. The number of carbonyl (C=O) groups excluding carboxylic acids is 2. The van der Waals surface area contributed by atoms with Crippen molar-refractivity contribution in [2.24, 2.45) is 0 Å². The van der Waals surface area contributed by atoms with Crippen LogP contribution < -0.4 is 16.0 Å². The van der Waals surface area contributed by atoms with Crippen LogP contribution in [0.5, 0.6) is 0 Å². The molecule has 1 atom stereocenters. The standard InChI is InChI=1S/C18H17ClF3N3O2/c1-23-15(26)10-24-16(11-5-3-2-4-6-11)17(27)25-14-9-12(18(20,21)22)7-8-13(14)19/h2-9,16,24H,10H2,1H3,(H,23,26)(H,25,27)/p+1/t16-/m0/s1. The van der Waals surface area contributed by atoms with Gasteiger partial charge in [-0.15, -0.1) is 0 Å². The summed E-state index contributed by atoms with van der Waals surface area (Å²) in [6.07, 6.45) is -4.56. The summed E-state index contributed by atoms with van der Waals surface area (Å²) in [6.45, 7) is -0.0280. The lowest BCUT2D eigenvalue weighted by Gasteiger charge is -2.17. The molecule has 0 unspecified atom stereocenters. The zero-order valence-corrected chi connectivity index (χ0v) is 15.1. The molecule has 0 radical (unpaired) electrons. The summed E-state index contributed by atoms with van der Waals surface area (Å²) in [6, 6.07) is 10.4. The summed E-state index contributed by atoms with van der Waals surface area (Å²) < 4.78 is 38.7. The molecule has 0 aliphatic rings. The van der Waals surface area contributed by atoms with E-state index in [0.29, 0.717) is 5.56 Å². The lowest BCUT2D eigenvalue weighted by Crippen LogP contribution is -2.89. The molecular formula is C18H18ClF3N3O2+. The van der Waals surface area contributed by atoms with Crippen LogP contribution >= 0.6 is 11.6 Å². The summed E-state index contributed by atoms with van der Waals surface area (Å²) in [5.74, 6) is -0.882. The molecule has 144 valence electrons. The van der Waals surface area contributed by atoms with Gasteiger partial charge in [-0.05, 0) is 18.2 Å². The molecule has 27 heavy (non-hydrogen) atoms. The van der Waals surface area contributed by atoms with Crippen molar-refractivity contribution in [3.63, 3.8) is 0 Å². The molecule has 0 spiro atoms. The van der Waals surface area contributed by atoms with Crippen molar-refractivity contribution in [1.29, 1.82) is 0 Å². The van der Waals surface area contributed by atoms with E-state index in [1.54, 1.807) is 30.3 Å². The van der Waals surface area contributed by atoms with Crippen LogP contribution in [0.1, 0.15) is 17.2 Å². The molecule has 0 heterocycles. The highest BCUT2D eigenvalue weighted by atomic mass is 35.5. The van der Waals surface area contributed by atoms with Gasteiger partial charge in [0.25, 0.3) is 11.8 Å². The molecule has 2 aromatic carbocycles. The van der Waals surface area contributed by atoms with Gasteiger partial charge >= 0.3 is 6.18 Å². The maximum atomic E-state index is 12.9. The number of likely N-dealkylation sites (N-methyl/N-ethyl adjacent to an activating group) is 1. The second-order valence-corrected chi connectivity index (χ2v) is 6.09. The zero-order valence-electron chi connectivity index (χ0n) is 14.3. The van der Waals surface area contributed by atoms with E-state index in [0.717, 1.165) is 18.2 Å². The average molecular weight is 401 g/mol. The van der Waals surface area contributed by atoms with E-state index in [9.17, 15) is 22.8 Å². The highest BCUT2D eigenvalue weighted by Gasteiger charge is 2.32. The van der Waals surface area contributed by atoms with Crippen LogP contribution in [-0.2, 0) is 15.8 Å². The van der Waals surface area contributed by atoms with Gasteiger partial charge in [0, 0.05) is 12.6 Å². The Morgan fingerprint density at radius 3 is 2.41 bits per heavy atom. The van der Waals surface area contributed by atoms with Gasteiger partial charge in [-0.2, -0.15) is 13.2 Å². The molecular weight excluding hydrogens is 383 g/mol. The quantitative estimate of drug-likeness (QED) is 0.696. The van der Waals surface area contributed by atoms with E-state index in [4.69, 9.17) is 11.6 Å². The first-order valence-electron chi connectivity index (χ1n) is 7.99. The summed E-state index contributed by atoms with van der Waals surface area (Å²) >= 11 is 5.93. The number of amides is 2. The van der Waals surface area contributed by atoms with Crippen molar-refractivity contribution in [3.8, 4) is 0 Å². The van der Waals surface area contributed by atoms with Crippen molar-refractivity contribution in [3.05, 3.63) is 64.7 Å². The third-order valence-corrected chi connectivity index (χ3v) is 4.14. The fraction of sp³-hybridized carbons (Fsp3) is 0.222. The molecule has 0 aliphatic carbocycles. The predicted octanol–water partition coefficient (Wildman–Crippen LogP) is 2.35. The van der Waals surface area contributed by atoms with Crippen molar-refractivity contribution in [2.75, 3.05) is 18.9 Å². The lowest BCUT2D eigenvalue weighted by molar-refractivity contribution is -0.672. The summed E-state index contributed by atoms with van der Waals surface area (Å²) in [5.41, 5.74) is -0.472. The first kappa shape index (κ1) is 20.7. The molecule has 0 aliphatic heterocycles. The summed E-state index contributed by atoms with van der Waals surface area (Å²) in [5, 5.41) is 6.35. The normalized spacial score (nSPS) is 12.3. The number of rotatable bonds is 6. The van der Waals surface area contributed by atoms with Gasteiger partial charge in [-0.1, -0.05) is 41.9 Å². The minimum atomic E-state index is -4.56. The highest BCUT2D eigenvalue weighted by Crippen LogP contribution is 2.34. The SMILES string of the molecule is CNC(=O)C[NH2+][C@H](C(=O)Nc1cc(C(F)(F)F)ccc1Cl)c1ccccc1. The molecule has 0 aromatic heterocycles. The number of alkyl halides is 3. The number of nitrogens with one attached hydrogen (secondary N) is 2. The third-order valence-electron chi connectivity index (χ3n) is 3.81. The number of hydrogen-bond donors (Lipinski definition) is 3. The molecule has 2 rings (SSSR count). The van der Waals surface area contributed by atoms with Crippen LogP contribution in [0.3, 0.4) is 0 Å². The van der Waals surface area contributed by atoms with Crippen molar-refractivity contribution in [1.82, 2.24) is 5.32 Å². The Balaban J connectivity index is 2.26. The van der Waals surface area contributed by atoms with Crippen LogP contribution in [0.25, 0.3) is 0 Å². The largest absolute Gasteiger partial charge is 0.416 e. The van der Waals surface area contributed by atoms with Crippen LogP contribution in [-0.4, -0.2) is 25.4 Å². The maximum absolute atomic E-state index is 12.9. The van der Waals surface area contributed by atoms with Gasteiger partial charge < -0.3 is 16.0 Å². The number of carbonyl (C=O) groups is 2. The second-order valence-electron chi connectivity index (χ2n) is 5.68. The van der Waals surface area contributed by atoms with E-state index >= 15 is 0 Å². The van der Waals surface area contributed by atoms with Gasteiger partial charge in [0.15, 0.2) is 12.6 Å². The topological polar surface area (TPSA) is 74.8 Å². The number of halogens is 4. The van der Waals surface area contributed by atoms with Crippen LogP contribution in [0.15, 0.2) is 48.5 Å². The second kappa shape index (κ2) is 8.88. The minimum absolute atomic E-state index is 0.0190.